The predicted molar refractivity (Wildman–Crippen MR) is 133 cm³/mol. The summed E-state index contributed by atoms with van der Waals surface area (Å²) in [6.07, 6.45) is 5.50. The fraction of sp³-hybridized carbons (Fsp3) is 0.333. The monoisotopic (exact) mass is 487 g/mol. The average Bonchev–Trinajstić information content (AvgIpc) is 3.42. The predicted octanol–water partition coefficient (Wildman–Crippen LogP) is 2.72. The third kappa shape index (κ3) is 4.55. The lowest BCUT2D eigenvalue weighted by Crippen LogP contribution is -2.38. The summed E-state index contributed by atoms with van der Waals surface area (Å²) in [7, 11) is 0. The summed E-state index contributed by atoms with van der Waals surface area (Å²) >= 11 is 0. The van der Waals surface area contributed by atoms with Crippen LogP contribution in [-0.4, -0.2) is 80.8 Å². The number of morpholine rings is 1. The van der Waals surface area contributed by atoms with Gasteiger partial charge in [-0.15, -0.1) is 0 Å². The summed E-state index contributed by atoms with van der Waals surface area (Å²) in [4.78, 5) is 34.4. The number of amides is 1. The van der Waals surface area contributed by atoms with Crippen molar-refractivity contribution in [3.8, 4) is 5.69 Å². The van der Waals surface area contributed by atoms with Gasteiger partial charge in [0.1, 0.15) is 5.76 Å². The second kappa shape index (κ2) is 10.4. The molecule has 0 unspecified atom stereocenters. The van der Waals surface area contributed by atoms with Crippen LogP contribution in [0.1, 0.15) is 29.3 Å². The lowest BCUT2D eigenvalue weighted by molar-refractivity contribution is -0.140. The fourth-order valence-corrected chi connectivity index (χ4v) is 4.91. The van der Waals surface area contributed by atoms with Crippen molar-refractivity contribution < 1.29 is 19.4 Å². The van der Waals surface area contributed by atoms with E-state index in [1.807, 2.05) is 37.3 Å². The topological polar surface area (TPSA) is 101 Å². The van der Waals surface area contributed by atoms with Crippen LogP contribution in [0, 0.1) is 6.92 Å². The molecule has 4 heterocycles. The molecule has 1 aromatic carbocycles. The van der Waals surface area contributed by atoms with Crippen molar-refractivity contribution in [2.24, 2.45) is 0 Å². The van der Waals surface area contributed by atoms with E-state index < -0.39 is 17.7 Å². The summed E-state index contributed by atoms with van der Waals surface area (Å²) in [6.45, 7) is 6.16. The van der Waals surface area contributed by atoms with Gasteiger partial charge < -0.3 is 14.7 Å². The van der Waals surface area contributed by atoms with Crippen LogP contribution in [0.2, 0.25) is 0 Å². The van der Waals surface area contributed by atoms with E-state index in [0.29, 0.717) is 37.4 Å². The molecule has 3 aromatic rings. The molecule has 0 bridgehead atoms. The zero-order valence-corrected chi connectivity index (χ0v) is 20.2. The first-order chi connectivity index (χ1) is 17.6. The van der Waals surface area contributed by atoms with Gasteiger partial charge in [0.25, 0.3) is 11.7 Å². The van der Waals surface area contributed by atoms with Gasteiger partial charge in [0, 0.05) is 38.6 Å². The number of hydrogen-bond donors (Lipinski definition) is 1. The Labute approximate surface area is 209 Å². The number of ketones is 1. The van der Waals surface area contributed by atoms with Gasteiger partial charge in [-0.25, -0.2) is 4.68 Å². The van der Waals surface area contributed by atoms with E-state index in [4.69, 9.17) is 4.74 Å². The minimum atomic E-state index is -0.697. The molecule has 2 saturated heterocycles. The minimum absolute atomic E-state index is 0.0771. The molecule has 0 spiro atoms. The van der Waals surface area contributed by atoms with Crippen molar-refractivity contribution in [3.63, 3.8) is 0 Å². The molecular weight excluding hydrogens is 458 g/mol. The van der Waals surface area contributed by atoms with E-state index in [2.05, 4.69) is 15.0 Å². The normalized spacial score (nSPS) is 20.2. The lowest BCUT2D eigenvalue weighted by atomic mass is 9.96. The number of Topliss-reactive ketones (excluding diaryl/α,β-unsaturated/α-hetero) is 1. The lowest BCUT2D eigenvalue weighted by Gasteiger charge is -2.29. The van der Waals surface area contributed by atoms with Crippen molar-refractivity contribution in [2.75, 3.05) is 39.4 Å². The summed E-state index contributed by atoms with van der Waals surface area (Å²) in [5.41, 5.74) is 2.73. The van der Waals surface area contributed by atoms with Gasteiger partial charge in [-0.1, -0.05) is 18.2 Å². The number of pyridine rings is 1. The Morgan fingerprint density at radius 1 is 1.06 bits per heavy atom. The molecule has 36 heavy (non-hydrogen) atoms. The number of para-hydroxylation sites is 1. The van der Waals surface area contributed by atoms with Gasteiger partial charge >= 0.3 is 0 Å². The highest BCUT2D eigenvalue weighted by Crippen LogP contribution is 2.39. The number of hydrogen-bond acceptors (Lipinski definition) is 7. The summed E-state index contributed by atoms with van der Waals surface area (Å²) in [5.74, 6) is -1.51. The van der Waals surface area contributed by atoms with Gasteiger partial charge in [0.15, 0.2) is 0 Å². The summed E-state index contributed by atoms with van der Waals surface area (Å²) < 4.78 is 7.11. The SMILES string of the molecule is Cc1c(C(O)=C2C(=O)C(=O)N(CCCN3CCOCC3)[C@@H]2c2ccncc2)cnn1-c1ccccc1. The Bertz CT molecular complexity index is 1270. The standard InChI is InChI=1S/C27H29N5O4/c1-19-22(18-29-32(19)21-6-3-2-4-7-21)25(33)23-24(20-8-10-28-11-9-20)31(27(35)26(23)34)13-5-12-30-14-16-36-17-15-30/h2-4,6-11,18,24,33H,5,12-17H2,1H3/t24-/m1/s1. The smallest absolute Gasteiger partial charge is 0.295 e. The van der Waals surface area contributed by atoms with Gasteiger partial charge in [-0.05, 0) is 43.2 Å². The van der Waals surface area contributed by atoms with E-state index in [0.717, 1.165) is 30.9 Å². The number of nitrogens with zero attached hydrogens (tertiary/aromatic N) is 5. The molecule has 2 aromatic heterocycles. The number of rotatable bonds is 7. The molecule has 0 aliphatic carbocycles. The molecule has 1 atom stereocenters. The third-order valence-electron chi connectivity index (χ3n) is 6.80. The zero-order chi connectivity index (χ0) is 25.1. The molecule has 9 heteroatoms. The Hall–Kier alpha value is -3.82. The average molecular weight is 488 g/mol. The van der Waals surface area contributed by atoms with Crippen LogP contribution in [0.4, 0.5) is 0 Å². The Kier molecular flexibility index (Phi) is 6.92. The van der Waals surface area contributed by atoms with Crippen molar-refractivity contribution in [1.82, 2.24) is 24.6 Å². The maximum Gasteiger partial charge on any atom is 0.295 e. The van der Waals surface area contributed by atoms with E-state index in [1.54, 1.807) is 34.1 Å². The van der Waals surface area contributed by atoms with E-state index in [9.17, 15) is 14.7 Å². The fourth-order valence-electron chi connectivity index (χ4n) is 4.91. The van der Waals surface area contributed by atoms with Crippen molar-refractivity contribution in [2.45, 2.75) is 19.4 Å². The molecule has 1 amide bonds. The molecule has 2 aliphatic rings. The van der Waals surface area contributed by atoms with E-state index >= 15 is 0 Å². The van der Waals surface area contributed by atoms with Crippen LogP contribution in [0.5, 0.6) is 0 Å². The van der Waals surface area contributed by atoms with Crippen molar-refractivity contribution >= 4 is 17.4 Å². The maximum absolute atomic E-state index is 13.3. The molecule has 1 N–H and O–H groups in total. The molecule has 0 saturated carbocycles. The van der Waals surface area contributed by atoms with Gasteiger partial charge in [-0.2, -0.15) is 5.10 Å². The first-order valence-electron chi connectivity index (χ1n) is 12.1. The molecule has 2 aliphatic heterocycles. The molecular formula is C27H29N5O4. The van der Waals surface area contributed by atoms with Gasteiger partial charge in [0.2, 0.25) is 0 Å². The zero-order valence-electron chi connectivity index (χ0n) is 20.2. The molecule has 186 valence electrons. The maximum atomic E-state index is 13.3. The van der Waals surface area contributed by atoms with Gasteiger partial charge in [-0.3, -0.25) is 19.5 Å². The first kappa shape index (κ1) is 23.9. The summed E-state index contributed by atoms with van der Waals surface area (Å²) in [6, 6.07) is 12.4. The van der Waals surface area contributed by atoms with Crippen LogP contribution in [-0.2, 0) is 14.3 Å². The number of aliphatic hydroxyl groups is 1. The highest BCUT2D eigenvalue weighted by molar-refractivity contribution is 6.46. The van der Waals surface area contributed by atoms with E-state index in [-0.39, 0.29) is 11.3 Å². The first-order valence-corrected chi connectivity index (χ1v) is 12.1. The molecule has 2 fully saturated rings. The second-order valence-electron chi connectivity index (χ2n) is 8.97. The third-order valence-corrected chi connectivity index (χ3v) is 6.80. The quantitative estimate of drug-likeness (QED) is 0.311. The van der Waals surface area contributed by atoms with Crippen molar-refractivity contribution in [1.29, 1.82) is 0 Å². The minimum Gasteiger partial charge on any atom is -0.507 e. The Morgan fingerprint density at radius 3 is 2.50 bits per heavy atom. The van der Waals surface area contributed by atoms with Crippen LogP contribution in [0.3, 0.4) is 0 Å². The van der Waals surface area contributed by atoms with Gasteiger partial charge in [0.05, 0.1) is 48.0 Å². The number of aliphatic hydroxyl groups excluding tert-OH is 1. The number of ether oxygens (including phenoxy) is 1. The van der Waals surface area contributed by atoms with Crippen LogP contribution < -0.4 is 0 Å². The number of carbonyl (C=O) groups excluding carboxylic acids is 2. The highest BCUT2D eigenvalue weighted by Gasteiger charge is 2.46. The molecule has 0 radical (unpaired) electrons. The molecule has 9 nitrogen and oxygen atoms in total. The second-order valence-corrected chi connectivity index (χ2v) is 8.97. The van der Waals surface area contributed by atoms with E-state index in [1.165, 1.54) is 6.20 Å². The number of benzene rings is 1. The number of likely N-dealkylation sites (tertiary alicyclic amines) is 1. The largest absolute Gasteiger partial charge is 0.507 e. The number of carbonyl (C=O) groups is 2. The summed E-state index contributed by atoms with van der Waals surface area (Å²) in [5, 5.41) is 15.8. The highest BCUT2D eigenvalue weighted by atomic mass is 16.5. The van der Waals surface area contributed by atoms with Crippen molar-refractivity contribution in [3.05, 3.63) is 83.4 Å². The molecule has 5 rings (SSSR count). The van der Waals surface area contributed by atoms with Crippen LogP contribution >= 0.6 is 0 Å². The Morgan fingerprint density at radius 2 is 1.78 bits per heavy atom. The van der Waals surface area contributed by atoms with Crippen LogP contribution in [0.25, 0.3) is 11.4 Å². The Balaban J connectivity index is 1.49. The number of aromatic nitrogens is 3. The van der Waals surface area contributed by atoms with Crippen LogP contribution in [0.15, 0.2) is 66.6 Å².